The SMILES string of the molecule is C[C@H](Sc1ccccc1Br)C(=O)c1ccc(NS(C)(=O)=O)cc1. The minimum atomic E-state index is -3.32. The average molecular weight is 414 g/mol. The van der Waals surface area contributed by atoms with E-state index in [2.05, 4.69) is 20.7 Å². The molecule has 0 amide bonds. The summed E-state index contributed by atoms with van der Waals surface area (Å²) in [6.45, 7) is 1.86. The Morgan fingerprint density at radius 1 is 1.13 bits per heavy atom. The first kappa shape index (κ1) is 18.0. The van der Waals surface area contributed by atoms with E-state index in [0.29, 0.717) is 11.3 Å². The summed E-state index contributed by atoms with van der Waals surface area (Å²) < 4.78 is 25.7. The number of Topliss-reactive ketones (excluding diaryl/α,β-unsaturated/α-hetero) is 1. The standard InChI is InChI=1S/C16H16BrNO3S2/c1-11(22-15-6-4-3-5-14(15)17)16(19)12-7-9-13(10-8-12)18-23(2,20)21/h3-11,18H,1-2H3/t11-/m0/s1. The van der Waals surface area contributed by atoms with E-state index in [4.69, 9.17) is 0 Å². The van der Waals surface area contributed by atoms with Crippen LogP contribution in [0.5, 0.6) is 0 Å². The van der Waals surface area contributed by atoms with Crippen molar-refractivity contribution in [1.82, 2.24) is 0 Å². The highest BCUT2D eigenvalue weighted by atomic mass is 79.9. The number of halogens is 1. The number of sulfonamides is 1. The molecule has 0 aliphatic rings. The third-order valence-electron chi connectivity index (χ3n) is 2.98. The van der Waals surface area contributed by atoms with Crippen LogP contribution in [0.3, 0.4) is 0 Å². The maximum Gasteiger partial charge on any atom is 0.229 e. The van der Waals surface area contributed by atoms with Gasteiger partial charge < -0.3 is 0 Å². The van der Waals surface area contributed by atoms with Crippen molar-refractivity contribution < 1.29 is 13.2 Å². The van der Waals surface area contributed by atoms with Gasteiger partial charge in [-0.15, -0.1) is 11.8 Å². The minimum absolute atomic E-state index is 0.00309. The lowest BCUT2D eigenvalue weighted by molar-refractivity contribution is 0.0994. The van der Waals surface area contributed by atoms with Crippen molar-refractivity contribution in [3.8, 4) is 0 Å². The third-order valence-corrected chi connectivity index (χ3v) is 5.72. The molecule has 0 bridgehead atoms. The van der Waals surface area contributed by atoms with Gasteiger partial charge in [0.15, 0.2) is 5.78 Å². The number of thioether (sulfide) groups is 1. The van der Waals surface area contributed by atoms with Crippen LogP contribution in [-0.4, -0.2) is 25.7 Å². The summed E-state index contributed by atoms with van der Waals surface area (Å²) in [4.78, 5) is 13.5. The zero-order valence-electron chi connectivity index (χ0n) is 12.6. The summed E-state index contributed by atoms with van der Waals surface area (Å²) in [6, 6.07) is 14.2. The summed E-state index contributed by atoms with van der Waals surface area (Å²) in [5.74, 6) is -0.00309. The molecule has 0 fully saturated rings. The normalized spacial score (nSPS) is 12.7. The summed E-state index contributed by atoms with van der Waals surface area (Å²) in [6.07, 6.45) is 1.09. The van der Waals surface area contributed by atoms with Crippen LogP contribution < -0.4 is 4.72 Å². The van der Waals surface area contributed by atoms with Crippen molar-refractivity contribution >= 4 is 49.2 Å². The molecule has 0 saturated carbocycles. The van der Waals surface area contributed by atoms with Crippen LogP contribution in [0.4, 0.5) is 5.69 Å². The third kappa shape index (κ3) is 5.37. The Hall–Kier alpha value is -1.31. The zero-order valence-corrected chi connectivity index (χ0v) is 15.8. The molecule has 2 aromatic carbocycles. The number of anilines is 1. The van der Waals surface area contributed by atoms with E-state index in [0.717, 1.165) is 15.6 Å². The summed E-state index contributed by atoms with van der Waals surface area (Å²) in [5.41, 5.74) is 0.992. The van der Waals surface area contributed by atoms with E-state index in [1.54, 1.807) is 24.3 Å². The Morgan fingerprint density at radius 2 is 1.74 bits per heavy atom. The molecule has 0 radical (unpaired) electrons. The number of carbonyl (C=O) groups excluding carboxylic acids is 1. The number of ketones is 1. The van der Waals surface area contributed by atoms with Gasteiger partial charge >= 0.3 is 0 Å². The molecule has 0 saturated heterocycles. The average Bonchev–Trinajstić information content (AvgIpc) is 2.48. The molecule has 0 aliphatic heterocycles. The molecular formula is C16H16BrNO3S2. The molecule has 0 aliphatic carbocycles. The topological polar surface area (TPSA) is 63.2 Å². The Kier molecular flexibility index (Phi) is 5.89. The lowest BCUT2D eigenvalue weighted by Crippen LogP contribution is -2.14. The largest absolute Gasteiger partial charge is 0.293 e. The Balaban J connectivity index is 2.09. The highest BCUT2D eigenvalue weighted by molar-refractivity contribution is 9.10. The van der Waals surface area contributed by atoms with Gasteiger partial charge in [-0.2, -0.15) is 0 Å². The van der Waals surface area contributed by atoms with Crippen LogP contribution in [0.2, 0.25) is 0 Å². The van der Waals surface area contributed by atoms with E-state index in [-0.39, 0.29) is 11.0 Å². The molecule has 0 aromatic heterocycles. The van der Waals surface area contributed by atoms with Crippen LogP contribution >= 0.6 is 27.7 Å². The maximum absolute atomic E-state index is 12.5. The first-order valence-electron chi connectivity index (χ1n) is 6.79. The molecular weight excluding hydrogens is 398 g/mol. The fourth-order valence-corrected chi connectivity index (χ4v) is 4.03. The van der Waals surface area contributed by atoms with Crippen molar-refractivity contribution in [2.75, 3.05) is 11.0 Å². The number of nitrogens with one attached hydrogen (secondary N) is 1. The summed E-state index contributed by atoms with van der Waals surface area (Å²) in [5, 5.41) is -0.248. The van der Waals surface area contributed by atoms with E-state index >= 15 is 0 Å². The zero-order chi connectivity index (χ0) is 17.0. The number of rotatable bonds is 6. The highest BCUT2D eigenvalue weighted by Gasteiger charge is 2.17. The first-order chi connectivity index (χ1) is 10.8. The molecule has 122 valence electrons. The van der Waals surface area contributed by atoms with Crippen LogP contribution in [0.1, 0.15) is 17.3 Å². The van der Waals surface area contributed by atoms with Gasteiger partial charge in [-0.25, -0.2) is 8.42 Å². The van der Waals surface area contributed by atoms with E-state index in [9.17, 15) is 13.2 Å². The van der Waals surface area contributed by atoms with Gasteiger partial charge in [-0.05, 0) is 59.3 Å². The molecule has 1 atom stereocenters. The number of carbonyl (C=O) groups is 1. The van der Waals surface area contributed by atoms with E-state index in [1.165, 1.54) is 11.8 Å². The fraction of sp³-hybridized carbons (Fsp3) is 0.188. The Morgan fingerprint density at radius 3 is 2.30 bits per heavy atom. The van der Waals surface area contributed by atoms with Gasteiger partial charge in [0.2, 0.25) is 10.0 Å². The van der Waals surface area contributed by atoms with Crippen LogP contribution in [0.25, 0.3) is 0 Å². The summed E-state index contributed by atoms with van der Waals surface area (Å²) in [7, 11) is -3.32. The lowest BCUT2D eigenvalue weighted by atomic mass is 10.1. The van der Waals surface area contributed by atoms with Crippen LogP contribution in [-0.2, 0) is 10.0 Å². The van der Waals surface area contributed by atoms with Crippen LogP contribution in [0.15, 0.2) is 57.9 Å². The lowest BCUT2D eigenvalue weighted by Gasteiger charge is -2.12. The number of hydrogen-bond donors (Lipinski definition) is 1. The van der Waals surface area contributed by atoms with Crippen molar-refractivity contribution in [1.29, 1.82) is 0 Å². The van der Waals surface area contributed by atoms with Gasteiger partial charge in [0.25, 0.3) is 0 Å². The van der Waals surface area contributed by atoms with E-state index < -0.39 is 10.0 Å². The summed E-state index contributed by atoms with van der Waals surface area (Å²) >= 11 is 4.95. The van der Waals surface area contributed by atoms with Crippen molar-refractivity contribution in [2.24, 2.45) is 0 Å². The molecule has 4 nitrogen and oxygen atoms in total. The predicted octanol–water partition coefficient (Wildman–Crippen LogP) is 4.18. The minimum Gasteiger partial charge on any atom is -0.293 e. The molecule has 23 heavy (non-hydrogen) atoms. The Bertz CT molecular complexity index is 804. The van der Waals surface area contributed by atoms with Gasteiger partial charge in [0.05, 0.1) is 11.5 Å². The fourth-order valence-electron chi connectivity index (χ4n) is 1.94. The van der Waals surface area contributed by atoms with Gasteiger partial charge in [-0.1, -0.05) is 12.1 Å². The molecule has 0 unspecified atom stereocenters. The first-order valence-corrected chi connectivity index (χ1v) is 10.4. The second kappa shape index (κ2) is 7.51. The van der Waals surface area contributed by atoms with Gasteiger partial charge in [0.1, 0.15) is 0 Å². The number of benzene rings is 2. The van der Waals surface area contributed by atoms with Gasteiger partial charge in [-0.3, -0.25) is 9.52 Å². The smallest absolute Gasteiger partial charge is 0.229 e. The second-order valence-corrected chi connectivity index (χ2v) is 8.99. The Labute approximate surface area is 148 Å². The molecule has 2 rings (SSSR count). The maximum atomic E-state index is 12.5. The quantitative estimate of drug-likeness (QED) is 0.569. The monoisotopic (exact) mass is 413 g/mol. The predicted molar refractivity (Wildman–Crippen MR) is 98.7 cm³/mol. The molecule has 1 N–H and O–H groups in total. The van der Waals surface area contributed by atoms with Gasteiger partial charge in [0, 0.05) is 20.6 Å². The van der Waals surface area contributed by atoms with Crippen molar-refractivity contribution in [2.45, 2.75) is 17.1 Å². The molecule has 2 aromatic rings. The van der Waals surface area contributed by atoms with Crippen LogP contribution in [0, 0.1) is 0 Å². The molecule has 0 spiro atoms. The van der Waals surface area contributed by atoms with E-state index in [1.807, 2.05) is 31.2 Å². The van der Waals surface area contributed by atoms with Crippen molar-refractivity contribution in [3.05, 3.63) is 58.6 Å². The number of hydrogen-bond acceptors (Lipinski definition) is 4. The highest BCUT2D eigenvalue weighted by Crippen LogP contribution is 2.31. The molecule has 7 heteroatoms. The van der Waals surface area contributed by atoms with Crippen molar-refractivity contribution in [3.63, 3.8) is 0 Å². The molecule has 0 heterocycles. The second-order valence-electron chi connectivity index (χ2n) is 5.01.